The summed E-state index contributed by atoms with van der Waals surface area (Å²) in [5.74, 6) is 0.180. The third-order valence-electron chi connectivity index (χ3n) is 2.47. The topological polar surface area (TPSA) is 58.2 Å². The second-order valence-corrected chi connectivity index (χ2v) is 3.38. The Balaban J connectivity index is 2.23. The minimum Gasteiger partial charge on any atom is -0.323 e. The number of carbonyl (C=O) groups is 2. The molecule has 60 valence electrons. The third kappa shape index (κ3) is 0.818. The first-order chi connectivity index (χ1) is 5.13. The van der Waals surface area contributed by atoms with Gasteiger partial charge in [-0.2, -0.15) is 0 Å². The second-order valence-electron chi connectivity index (χ2n) is 3.38. The van der Waals surface area contributed by atoms with Crippen LogP contribution in [0, 0.1) is 5.92 Å². The Labute approximate surface area is 64.3 Å². The van der Waals surface area contributed by atoms with Crippen LogP contribution in [0.25, 0.3) is 0 Å². The van der Waals surface area contributed by atoms with E-state index in [1.807, 2.05) is 0 Å². The maximum absolute atomic E-state index is 11.2. The van der Waals surface area contributed by atoms with Gasteiger partial charge in [0, 0.05) is 0 Å². The first kappa shape index (κ1) is 6.64. The average Bonchev–Trinajstić information content (AvgIpc) is 2.63. The molecule has 2 fully saturated rings. The number of nitrogens with one attached hydrogen (secondary N) is 2. The van der Waals surface area contributed by atoms with Crippen LogP contribution in [0.2, 0.25) is 0 Å². The minimum atomic E-state index is -0.614. The van der Waals surface area contributed by atoms with Crippen LogP contribution in [-0.2, 0) is 4.79 Å². The van der Waals surface area contributed by atoms with Crippen LogP contribution in [-0.4, -0.2) is 17.5 Å². The van der Waals surface area contributed by atoms with Crippen LogP contribution < -0.4 is 10.6 Å². The van der Waals surface area contributed by atoms with Crippen molar-refractivity contribution in [1.82, 2.24) is 10.6 Å². The van der Waals surface area contributed by atoms with Gasteiger partial charge in [-0.15, -0.1) is 0 Å². The molecule has 3 amide bonds. The zero-order valence-corrected chi connectivity index (χ0v) is 6.31. The molecule has 1 saturated carbocycles. The molecule has 1 atom stereocenters. The highest BCUT2D eigenvalue weighted by Crippen LogP contribution is 2.40. The maximum atomic E-state index is 11.2. The molecule has 2 N–H and O–H groups in total. The van der Waals surface area contributed by atoms with Gasteiger partial charge in [0.2, 0.25) is 0 Å². The molecular formula is C7H10N2O2. The van der Waals surface area contributed by atoms with Crippen molar-refractivity contribution in [2.24, 2.45) is 5.92 Å². The van der Waals surface area contributed by atoms with E-state index in [-0.39, 0.29) is 11.9 Å². The van der Waals surface area contributed by atoms with Gasteiger partial charge in [0.15, 0.2) is 0 Å². The molecule has 0 aromatic rings. The largest absolute Gasteiger partial charge is 0.323 e. The summed E-state index contributed by atoms with van der Waals surface area (Å²) in [7, 11) is 0. The number of hydrogen-bond acceptors (Lipinski definition) is 2. The summed E-state index contributed by atoms with van der Waals surface area (Å²) in [6, 6.07) is -0.357. The lowest BCUT2D eigenvalue weighted by atomic mass is 9.97. The summed E-state index contributed by atoms with van der Waals surface area (Å²) in [6.45, 7) is 1.78. The predicted octanol–water partition coefficient (Wildman–Crippen LogP) is -0.00550. The Kier molecular flexibility index (Phi) is 1.06. The van der Waals surface area contributed by atoms with Crippen LogP contribution in [0.5, 0.6) is 0 Å². The molecule has 2 aliphatic rings. The van der Waals surface area contributed by atoms with Crippen molar-refractivity contribution in [3.05, 3.63) is 0 Å². The van der Waals surface area contributed by atoms with Crippen molar-refractivity contribution < 1.29 is 9.59 Å². The van der Waals surface area contributed by atoms with Gasteiger partial charge in [-0.25, -0.2) is 4.79 Å². The third-order valence-corrected chi connectivity index (χ3v) is 2.47. The number of imide groups is 1. The number of amides is 3. The van der Waals surface area contributed by atoms with Crippen LogP contribution in [0.15, 0.2) is 0 Å². The quantitative estimate of drug-likeness (QED) is 0.522. The number of urea groups is 1. The molecular weight excluding hydrogens is 144 g/mol. The number of rotatable bonds is 1. The summed E-state index contributed by atoms with van der Waals surface area (Å²) in [5.41, 5.74) is -0.614. The van der Waals surface area contributed by atoms with E-state index in [9.17, 15) is 9.59 Å². The highest BCUT2D eigenvalue weighted by atomic mass is 16.2. The lowest BCUT2D eigenvalue weighted by Gasteiger charge is -2.18. The van der Waals surface area contributed by atoms with E-state index in [4.69, 9.17) is 0 Å². The van der Waals surface area contributed by atoms with Crippen molar-refractivity contribution in [3.63, 3.8) is 0 Å². The van der Waals surface area contributed by atoms with Gasteiger partial charge in [0.1, 0.15) is 5.54 Å². The second kappa shape index (κ2) is 1.75. The fourth-order valence-corrected chi connectivity index (χ4v) is 1.50. The summed E-state index contributed by atoms with van der Waals surface area (Å²) in [4.78, 5) is 22.0. The van der Waals surface area contributed by atoms with Gasteiger partial charge < -0.3 is 5.32 Å². The molecule has 4 nitrogen and oxygen atoms in total. The lowest BCUT2D eigenvalue weighted by molar-refractivity contribution is -0.124. The molecule has 1 aliphatic heterocycles. The molecule has 0 bridgehead atoms. The Morgan fingerprint density at radius 2 is 2.09 bits per heavy atom. The predicted molar refractivity (Wildman–Crippen MR) is 37.8 cm³/mol. The van der Waals surface area contributed by atoms with E-state index in [1.165, 1.54) is 0 Å². The van der Waals surface area contributed by atoms with Crippen LogP contribution in [0.1, 0.15) is 19.8 Å². The molecule has 0 aromatic carbocycles. The zero-order chi connectivity index (χ0) is 8.06. The van der Waals surface area contributed by atoms with E-state index < -0.39 is 5.54 Å². The van der Waals surface area contributed by atoms with Gasteiger partial charge >= 0.3 is 6.03 Å². The van der Waals surface area contributed by atoms with Crippen LogP contribution in [0.4, 0.5) is 4.79 Å². The zero-order valence-electron chi connectivity index (χ0n) is 6.31. The first-order valence-corrected chi connectivity index (χ1v) is 3.76. The average molecular weight is 154 g/mol. The van der Waals surface area contributed by atoms with Crippen LogP contribution in [0.3, 0.4) is 0 Å². The van der Waals surface area contributed by atoms with Crippen molar-refractivity contribution in [1.29, 1.82) is 0 Å². The van der Waals surface area contributed by atoms with Crippen molar-refractivity contribution in [2.45, 2.75) is 25.3 Å². The molecule has 0 unspecified atom stereocenters. The fraction of sp³-hybridized carbons (Fsp3) is 0.714. The van der Waals surface area contributed by atoms with E-state index in [0.29, 0.717) is 5.92 Å². The van der Waals surface area contributed by atoms with E-state index >= 15 is 0 Å². The Hall–Kier alpha value is -1.06. The van der Waals surface area contributed by atoms with Gasteiger partial charge in [0.05, 0.1) is 0 Å². The molecule has 1 heterocycles. The SMILES string of the molecule is C[C@]1(C2CC2)NC(=O)NC1=O. The molecule has 0 spiro atoms. The Morgan fingerprint density at radius 3 is 2.45 bits per heavy atom. The van der Waals surface area contributed by atoms with Crippen molar-refractivity contribution >= 4 is 11.9 Å². The fourth-order valence-electron chi connectivity index (χ4n) is 1.50. The van der Waals surface area contributed by atoms with E-state index in [2.05, 4.69) is 10.6 Å². The molecule has 11 heavy (non-hydrogen) atoms. The Bertz CT molecular complexity index is 235. The normalized spacial score (nSPS) is 36.8. The van der Waals surface area contributed by atoms with Crippen molar-refractivity contribution in [3.8, 4) is 0 Å². The highest BCUT2D eigenvalue weighted by molar-refractivity contribution is 6.07. The lowest BCUT2D eigenvalue weighted by Crippen LogP contribution is -2.45. The van der Waals surface area contributed by atoms with Gasteiger partial charge in [-0.05, 0) is 25.7 Å². The molecule has 0 aromatic heterocycles. The summed E-state index contributed by atoms with van der Waals surface area (Å²) in [6.07, 6.45) is 2.09. The smallest absolute Gasteiger partial charge is 0.322 e. The highest BCUT2D eigenvalue weighted by Gasteiger charge is 2.52. The molecule has 1 aliphatic carbocycles. The summed E-state index contributed by atoms with van der Waals surface area (Å²) >= 11 is 0. The maximum Gasteiger partial charge on any atom is 0.322 e. The molecule has 0 radical (unpaired) electrons. The molecule has 1 saturated heterocycles. The van der Waals surface area contributed by atoms with E-state index in [1.54, 1.807) is 6.92 Å². The van der Waals surface area contributed by atoms with E-state index in [0.717, 1.165) is 12.8 Å². The summed E-state index contributed by atoms with van der Waals surface area (Å²) in [5, 5.41) is 4.88. The van der Waals surface area contributed by atoms with Crippen molar-refractivity contribution in [2.75, 3.05) is 0 Å². The molecule has 2 rings (SSSR count). The summed E-state index contributed by atoms with van der Waals surface area (Å²) < 4.78 is 0. The van der Waals surface area contributed by atoms with Gasteiger partial charge in [0.25, 0.3) is 5.91 Å². The van der Waals surface area contributed by atoms with Gasteiger partial charge in [-0.3, -0.25) is 10.1 Å². The Morgan fingerprint density at radius 1 is 1.45 bits per heavy atom. The molecule has 4 heteroatoms. The van der Waals surface area contributed by atoms with Gasteiger partial charge in [-0.1, -0.05) is 0 Å². The monoisotopic (exact) mass is 154 g/mol. The standard InChI is InChI=1S/C7H10N2O2/c1-7(4-2-3-4)5(10)8-6(11)9-7/h4H,2-3H2,1H3,(H2,8,9,10,11)/t7-/m1/s1. The number of hydrogen-bond donors (Lipinski definition) is 2. The first-order valence-electron chi connectivity index (χ1n) is 3.76. The van der Waals surface area contributed by atoms with Crippen LogP contribution >= 0.6 is 0 Å². The number of carbonyl (C=O) groups excluding carboxylic acids is 2. The minimum absolute atomic E-state index is 0.176.